The molecule has 1 aromatic carbocycles. The number of aromatic carboxylic acids is 1. The fourth-order valence-corrected chi connectivity index (χ4v) is 1.51. The van der Waals surface area contributed by atoms with Crippen LogP contribution in [0.1, 0.15) is 28.8 Å². The second kappa shape index (κ2) is 7.92. The lowest BCUT2D eigenvalue weighted by molar-refractivity contribution is 0.0696. The fraction of sp³-hybridized carbons (Fsp3) is 0.286. The van der Waals surface area contributed by atoms with Crippen molar-refractivity contribution in [2.24, 2.45) is 0 Å². The first-order valence-electron chi connectivity index (χ1n) is 6.08. The fourth-order valence-electron chi connectivity index (χ4n) is 1.51. The second-order valence-electron chi connectivity index (χ2n) is 4.05. The predicted octanol–water partition coefficient (Wildman–Crippen LogP) is 2.15. The molecular formula is C14H18N2O3. The average molecular weight is 262 g/mol. The summed E-state index contributed by atoms with van der Waals surface area (Å²) in [4.78, 5) is 22.2. The van der Waals surface area contributed by atoms with Crippen molar-refractivity contribution in [2.75, 3.05) is 6.54 Å². The molecule has 0 spiro atoms. The van der Waals surface area contributed by atoms with Crippen LogP contribution in [0.25, 0.3) is 0 Å². The van der Waals surface area contributed by atoms with E-state index in [4.69, 9.17) is 5.11 Å². The Morgan fingerprint density at radius 3 is 2.79 bits per heavy atom. The zero-order valence-electron chi connectivity index (χ0n) is 10.7. The van der Waals surface area contributed by atoms with Crippen molar-refractivity contribution in [2.45, 2.75) is 19.4 Å². The lowest BCUT2D eigenvalue weighted by atomic mass is 10.1. The molecule has 19 heavy (non-hydrogen) atoms. The van der Waals surface area contributed by atoms with Crippen molar-refractivity contribution in [3.05, 3.63) is 48.0 Å². The molecule has 2 amide bonds. The number of hydrogen-bond acceptors (Lipinski definition) is 2. The van der Waals surface area contributed by atoms with Crippen molar-refractivity contribution in [1.29, 1.82) is 0 Å². The van der Waals surface area contributed by atoms with E-state index in [0.29, 0.717) is 13.1 Å². The van der Waals surface area contributed by atoms with Crippen molar-refractivity contribution in [1.82, 2.24) is 10.6 Å². The van der Waals surface area contributed by atoms with Crippen molar-refractivity contribution in [3.8, 4) is 0 Å². The van der Waals surface area contributed by atoms with Crippen LogP contribution in [-0.4, -0.2) is 23.7 Å². The van der Waals surface area contributed by atoms with E-state index in [1.54, 1.807) is 24.3 Å². The number of carbonyl (C=O) groups excluding carboxylic acids is 1. The van der Waals surface area contributed by atoms with Crippen molar-refractivity contribution < 1.29 is 14.7 Å². The van der Waals surface area contributed by atoms with Crippen LogP contribution in [0.3, 0.4) is 0 Å². The molecule has 0 aromatic heterocycles. The standard InChI is InChI=1S/C14H18N2O3/c1-2-3-4-8-15-14(19)16-10-11-6-5-7-12(9-11)13(17)18/h2,5-7,9H,1,3-4,8,10H2,(H,17,18)(H2,15,16,19). The summed E-state index contributed by atoms with van der Waals surface area (Å²) in [6.45, 7) is 4.49. The third-order valence-corrected chi connectivity index (χ3v) is 2.50. The van der Waals surface area contributed by atoms with Gasteiger partial charge in [0.2, 0.25) is 0 Å². The van der Waals surface area contributed by atoms with Crippen LogP contribution in [0.5, 0.6) is 0 Å². The molecule has 0 heterocycles. The number of allylic oxidation sites excluding steroid dienone is 1. The number of unbranched alkanes of at least 4 members (excludes halogenated alkanes) is 1. The minimum absolute atomic E-state index is 0.214. The van der Waals surface area contributed by atoms with Gasteiger partial charge in [-0.3, -0.25) is 0 Å². The van der Waals surface area contributed by atoms with Gasteiger partial charge >= 0.3 is 12.0 Å². The molecule has 0 saturated carbocycles. The highest BCUT2D eigenvalue weighted by atomic mass is 16.4. The van der Waals surface area contributed by atoms with E-state index in [1.807, 2.05) is 0 Å². The van der Waals surface area contributed by atoms with E-state index >= 15 is 0 Å². The van der Waals surface area contributed by atoms with Crippen molar-refractivity contribution in [3.63, 3.8) is 0 Å². The Morgan fingerprint density at radius 1 is 1.32 bits per heavy atom. The van der Waals surface area contributed by atoms with Gasteiger partial charge in [-0.2, -0.15) is 0 Å². The zero-order valence-corrected chi connectivity index (χ0v) is 10.7. The van der Waals surface area contributed by atoms with Crippen LogP contribution in [0, 0.1) is 0 Å². The van der Waals surface area contributed by atoms with Crippen LogP contribution in [0.2, 0.25) is 0 Å². The van der Waals surface area contributed by atoms with E-state index in [9.17, 15) is 9.59 Å². The van der Waals surface area contributed by atoms with E-state index < -0.39 is 5.97 Å². The van der Waals surface area contributed by atoms with E-state index in [-0.39, 0.29) is 11.6 Å². The zero-order chi connectivity index (χ0) is 14.1. The number of benzene rings is 1. The SMILES string of the molecule is C=CCCCNC(=O)NCc1cccc(C(=O)O)c1. The monoisotopic (exact) mass is 262 g/mol. The minimum Gasteiger partial charge on any atom is -0.478 e. The molecule has 0 aliphatic heterocycles. The first-order valence-corrected chi connectivity index (χ1v) is 6.08. The Balaban J connectivity index is 2.35. The summed E-state index contributed by atoms with van der Waals surface area (Å²) in [5.41, 5.74) is 0.965. The highest BCUT2D eigenvalue weighted by Gasteiger charge is 2.04. The summed E-state index contributed by atoms with van der Waals surface area (Å²) in [6, 6.07) is 6.22. The number of rotatable bonds is 7. The predicted molar refractivity (Wildman–Crippen MR) is 73.1 cm³/mol. The molecule has 1 rings (SSSR count). The highest BCUT2D eigenvalue weighted by Crippen LogP contribution is 2.04. The summed E-state index contributed by atoms with van der Waals surface area (Å²) in [5, 5.41) is 14.2. The second-order valence-corrected chi connectivity index (χ2v) is 4.05. The van der Waals surface area contributed by atoms with E-state index in [1.165, 1.54) is 6.07 Å². The summed E-state index contributed by atoms with van der Waals surface area (Å²) in [5.74, 6) is -0.976. The molecule has 5 nitrogen and oxygen atoms in total. The maximum atomic E-state index is 11.4. The summed E-state index contributed by atoms with van der Waals surface area (Å²) in [6.07, 6.45) is 3.52. The number of amides is 2. The largest absolute Gasteiger partial charge is 0.478 e. The molecule has 0 atom stereocenters. The molecule has 0 radical (unpaired) electrons. The molecule has 5 heteroatoms. The van der Waals surface area contributed by atoms with E-state index in [2.05, 4.69) is 17.2 Å². The number of urea groups is 1. The van der Waals surface area contributed by atoms with Gasteiger partial charge in [0.05, 0.1) is 5.56 Å². The molecule has 0 saturated heterocycles. The molecule has 1 aromatic rings. The third kappa shape index (κ3) is 5.72. The first kappa shape index (κ1) is 14.8. The summed E-state index contributed by atoms with van der Waals surface area (Å²) in [7, 11) is 0. The first-order chi connectivity index (χ1) is 9.13. The summed E-state index contributed by atoms with van der Waals surface area (Å²) < 4.78 is 0. The Morgan fingerprint density at radius 2 is 2.11 bits per heavy atom. The van der Waals surface area contributed by atoms with Gasteiger partial charge in [0.15, 0.2) is 0 Å². The number of carbonyl (C=O) groups is 2. The van der Waals surface area contributed by atoms with Gasteiger partial charge in [-0.05, 0) is 30.5 Å². The van der Waals surface area contributed by atoms with Gasteiger partial charge < -0.3 is 15.7 Å². The normalized spacial score (nSPS) is 9.68. The number of nitrogens with one attached hydrogen (secondary N) is 2. The van der Waals surface area contributed by atoms with Gasteiger partial charge in [0.25, 0.3) is 0 Å². The van der Waals surface area contributed by atoms with Gasteiger partial charge in [-0.1, -0.05) is 18.2 Å². The molecule has 3 N–H and O–H groups in total. The lowest BCUT2D eigenvalue weighted by Gasteiger charge is -2.07. The van der Waals surface area contributed by atoms with Crippen LogP contribution >= 0.6 is 0 Å². The molecule has 0 fully saturated rings. The number of hydrogen-bond donors (Lipinski definition) is 3. The Bertz CT molecular complexity index is 458. The van der Waals surface area contributed by atoms with Gasteiger partial charge in [0.1, 0.15) is 0 Å². The quantitative estimate of drug-likeness (QED) is 0.520. The molecule has 0 unspecified atom stereocenters. The van der Waals surface area contributed by atoms with Crippen LogP contribution < -0.4 is 10.6 Å². The van der Waals surface area contributed by atoms with Gasteiger partial charge in [-0.15, -0.1) is 6.58 Å². The van der Waals surface area contributed by atoms with Crippen LogP contribution in [0.15, 0.2) is 36.9 Å². The Hall–Kier alpha value is -2.30. The van der Waals surface area contributed by atoms with Crippen LogP contribution in [-0.2, 0) is 6.54 Å². The molecule has 0 bridgehead atoms. The van der Waals surface area contributed by atoms with Gasteiger partial charge in [-0.25, -0.2) is 9.59 Å². The maximum Gasteiger partial charge on any atom is 0.335 e. The smallest absolute Gasteiger partial charge is 0.335 e. The Labute approximate surface area is 112 Å². The van der Waals surface area contributed by atoms with Gasteiger partial charge in [0, 0.05) is 13.1 Å². The molecule has 0 aliphatic carbocycles. The van der Waals surface area contributed by atoms with E-state index in [0.717, 1.165) is 18.4 Å². The molecular weight excluding hydrogens is 244 g/mol. The van der Waals surface area contributed by atoms with Crippen LogP contribution in [0.4, 0.5) is 4.79 Å². The topological polar surface area (TPSA) is 78.4 Å². The number of carboxylic acid groups (broad SMARTS) is 1. The Kier molecular flexibility index (Phi) is 6.15. The minimum atomic E-state index is -0.976. The highest BCUT2D eigenvalue weighted by molar-refractivity contribution is 5.87. The maximum absolute atomic E-state index is 11.4. The van der Waals surface area contributed by atoms with Crippen molar-refractivity contribution >= 4 is 12.0 Å². The number of carboxylic acids is 1. The third-order valence-electron chi connectivity index (χ3n) is 2.50. The summed E-state index contributed by atoms with van der Waals surface area (Å²) >= 11 is 0. The molecule has 0 aliphatic rings. The average Bonchev–Trinajstić information content (AvgIpc) is 2.41. The molecule has 102 valence electrons. The lowest BCUT2D eigenvalue weighted by Crippen LogP contribution is -2.35.